The summed E-state index contributed by atoms with van der Waals surface area (Å²) in [5.74, 6) is 1.41. The van der Waals surface area contributed by atoms with E-state index in [-0.39, 0.29) is 5.78 Å². The summed E-state index contributed by atoms with van der Waals surface area (Å²) in [5, 5.41) is 0.641. The number of hydrogen-bond acceptors (Lipinski definition) is 3. The molecule has 1 aliphatic heterocycles. The molecule has 0 aliphatic carbocycles. The van der Waals surface area contributed by atoms with E-state index in [4.69, 9.17) is 0 Å². The van der Waals surface area contributed by atoms with Crippen LogP contribution in [0.2, 0.25) is 0 Å². The summed E-state index contributed by atoms with van der Waals surface area (Å²) < 4.78 is 0. The molecule has 0 aromatic heterocycles. The fourth-order valence-electron chi connectivity index (χ4n) is 2.94. The van der Waals surface area contributed by atoms with Crippen LogP contribution in [0, 0.1) is 20.8 Å². The Hall–Kier alpha value is -0.800. The van der Waals surface area contributed by atoms with Gasteiger partial charge in [0.15, 0.2) is 5.78 Å². The van der Waals surface area contributed by atoms with Gasteiger partial charge in [-0.15, -0.1) is 0 Å². The van der Waals surface area contributed by atoms with Crippen molar-refractivity contribution in [1.82, 2.24) is 4.90 Å². The van der Waals surface area contributed by atoms with Crippen LogP contribution in [-0.2, 0) is 0 Å². The van der Waals surface area contributed by atoms with Crippen LogP contribution in [-0.4, -0.2) is 41.3 Å². The van der Waals surface area contributed by atoms with Gasteiger partial charge in [-0.2, -0.15) is 11.8 Å². The second-order valence-corrected chi connectivity index (χ2v) is 7.16. The van der Waals surface area contributed by atoms with Crippen LogP contribution in [0.1, 0.15) is 34.0 Å². The maximum absolute atomic E-state index is 12.5. The lowest BCUT2D eigenvalue weighted by atomic mass is 9.96. The van der Waals surface area contributed by atoms with Crippen molar-refractivity contribution in [2.45, 2.75) is 32.9 Å². The number of hydrogen-bond donors (Lipinski definition) is 0. The highest BCUT2D eigenvalue weighted by Gasteiger charge is 2.21. The third-order valence-corrected chi connectivity index (χ3v) is 4.78. The van der Waals surface area contributed by atoms with Crippen molar-refractivity contribution in [3.63, 3.8) is 0 Å². The van der Waals surface area contributed by atoms with Gasteiger partial charge in [-0.1, -0.05) is 24.6 Å². The minimum Gasteiger partial charge on any atom is -0.294 e. The maximum Gasteiger partial charge on any atom is 0.177 e. The number of carbonyl (C=O) groups is 1. The molecule has 0 saturated carbocycles. The van der Waals surface area contributed by atoms with Crippen LogP contribution in [0.25, 0.3) is 0 Å². The number of rotatable bonds is 3. The van der Waals surface area contributed by atoms with Crippen LogP contribution in [0.3, 0.4) is 0 Å². The third-order valence-electron chi connectivity index (χ3n) is 3.65. The average molecular weight is 277 g/mol. The Balaban J connectivity index is 2.12. The van der Waals surface area contributed by atoms with Crippen molar-refractivity contribution < 1.29 is 4.79 Å². The molecule has 2 nitrogen and oxygen atoms in total. The fraction of sp³-hybridized carbons (Fsp3) is 0.562. The van der Waals surface area contributed by atoms with Gasteiger partial charge >= 0.3 is 0 Å². The van der Waals surface area contributed by atoms with E-state index in [2.05, 4.69) is 30.9 Å². The van der Waals surface area contributed by atoms with Crippen molar-refractivity contribution in [1.29, 1.82) is 0 Å². The minimum absolute atomic E-state index is 0.272. The molecule has 1 heterocycles. The Kier molecular flexibility index (Phi) is 4.69. The van der Waals surface area contributed by atoms with E-state index in [0.717, 1.165) is 35.5 Å². The fourth-order valence-corrected chi connectivity index (χ4v) is 4.02. The molecule has 0 radical (unpaired) electrons. The molecular formula is C16H23NOS. The summed E-state index contributed by atoms with van der Waals surface area (Å²) in [6.45, 7) is 11.0. The number of ketones is 1. The Morgan fingerprint density at radius 2 is 1.95 bits per heavy atom. The van der Waals surface area contributed by atoms with Gasteiger partial charge in [0.1, 0.15) is 0 Å². The second kappa shape index (κ2) is 6.10. The molecule has 0 amide bonds. The molecule has 1 aliphatic rings. The molecule has 1 saturated heterocycles. The van der Waals surface area contributed by atoms with Crippen molar-refractivity contribution in [3.05, 3.63) is 34.4 Å². The van der Waals surface area contributed by atoms with Gasteiger partial charge in [-0.3, -0.25) is 9.69 Å². The lowest BCUT2D eigenvalue weighted by molar-refractivity contribution is 0.0932. The highest BCUT2D eigenvalue weighted by Crippen LogP contribution is 2.20. The van der Waals surface area contributed by atoms with E-state index >= 15 is 0 Å². The van der Waals surface area contributed by atoms with Gasteiger partial charge in [0.05, 0.1) is 6.54 Å². The van der Waals surface area contributed by atoms with Gasteiger partial charge in [-0.05, 0) is 31.9 Å². The summed E-state index contributed by atoms with van der Waals surface area (Å²) >= 11 is 2.00. The number of nitrogens with zero attached hydrogens (tertiary/aromatic N) is 1. The van der Waals surface area contributed by atoms with E-state index in [1.54, 1.807) is 0 Å². The topological polar surface area (TPSA) is 20.3 Å². The number of carbonyl (C=O) groups excluding carboxylic acids is 1. The molecule has 0 bridgehead atoms. The standard InChI is InChI=1S/C16H23NOS/c1-11-7-12(2)16(13(3)8-11)15(18)10-17-5-6-19-14(4)9-17/h7-8,14H,5-6,9-10H2,1-4H3. The van der Waals surface area contributed by atoms with Crippen LogP contribution >= 0.6 is 11.8 Å². The molecule has 1 aromatic carbocycles. The Morgan fingerprint density at radius 3 is 2.53 bits per heavy atom. The predicted molar refractivity (Wildman–Crippen MR) is 83.3 cm³/mol. The van der Waals surface area contributed by atoms with Crippen LogP contribution in [0.5, 0.6) is 0 Å². The van der Waals surface area contributed by atoms with Crippen molar-refractivity contribution in [2.24, 2.45) is 0 Å². The number of benzene rings is 1. The summed E-state index contributed by atoms with van der Waals surface area (Å²) in [6.07, 6.45) is 0. The molecule has 3 heteroatoms. The van der Waals surface area contributed by atoms with Crippen molar-refractivity contribution in [3.8, 4) is 0 Å². The molecule has 1 unspecified atom stereocenters. The van der Waals surface area contributed by atoms with Crippen LogP contribution < -0.4 is 0 Å². The molecule has 0 spiro atoms. The van der Waals surface area contributed by atoms with E-state index < -0.39 is 0 Å². The highest BCUT2D eigenvalue weighted by atomic mass is 32.2. The van der Waals surface area contributed by atoms with Crippen LogP contribution in [0.4, 0.5) is 0 Å². The number of thioether (sulfide) groups is 1. The first-order valence-electron chi connectivity index (χ1n) is 6.92. The van der Waals surface area contributed by atoms with Gasteiger partial charge in [-0.25, -0.2) is 0 Å². The number of Topliss-reactive ketones (excluding diaryl/α,β-unsaturated/α-hetero) is 1. The normalized spacial score (nSPS) is 20.5. The average Bonchev–Trinajstić information content (AvgIpc) is 2.27. The summed E-state index contributed by atoms with van der Waals surface area (Å²) in [6, 6.07) is 4.21. The van der Waals surface area contributed by atoms with Gasteiger partial charge < -0.3 is 0 Å². The minimum atomic E-state index is 0.272. The SMILES string of the molecule is Cc1cc(C)c(C(=O)CN2CCSC(C)C2)c(C)c1. The van der Waals surface area contributed by atoms with Gasteiger partial charge in [0.25, 0.3) is 0 Å². The monoisotopic (exact) mass is 277 g/mol. The molecule has 19 heavy (non-hydrogen) atoms. The molecule has 0 N–H and O–H groups in total. The van der Waals surface area contributed by atoms with Gasteiger partial charge in [0.2, 0.25) is 0 Å². The van der Waals surface area contributed by atoms with E-state index in [9.17, 15) is 4.79 Å². The zero-order valence-corrected chi connectivity index (χ0v) is 13.1. The molecule has 1 aromatic rings. The van der Waals surface area contributed by atoms with E-state index in [1.807, 2.05) is 25.6 Å². The lowest BCUT2D eigenvalue weighted by Crippen LogP contribution is -2.40. The molecular weight excluding hydrogens is 254 g/mol. The summed E-state index contributed by atoms with van der Waals surface area (Å²) in [7, 11) is 0. The zero-order valence-electron chi connectivity index (χ0n) is 12.3. The number of aryl methyl sites for hydroxylation is 3. The van der Waals surface area contributed by atoms with E-state index in [0.29, 0.717) is 11.8 Å². The summed E-state index contributed by atoms with van der Waals surface area (Å²) in [4.78, 5) is 14.8. The Morgan fingerprint density at radius 1 is 1.32 bits per heavy atom. The second-order valence-electron chi connectivity index (χ2n) is 5.61. The van der Waals surface area contributed by atoms with Crippen LogP contribution in [0.15, 0.2) is 12.1 Å². The third kappa shape index (κ3) is 3.61. The Bertz CT molecular complexity index is 461. The van der Waals surface area contributed by atoms with E-state index in [1.165, 1.54) is 5.56 Å². The van der Waals surface area contributed by atoms with Crippen molar-refractivity contribution in [2.75, 3.05) is 25.4 Å². The quantitative estimate of drug-likeness (QED) is 0.791. The molecule has 1 atom stereocenters. The first-order valence-corrected chi connectivity index (χ1v) is 7.97. The largest absolute Gasteiger partial charge is 0.294 e. The zero-order chi connectivity index (χ0) is 14.0. The van der Waals surface area contributed by atoms with Crippen molar-refractivity contribution >= 4 is 17.5 Å². The van der Waals surface area contributed by atoms with Gasteiger partial charge in [0, 0.05) is 29.7 Å². The first-order chi connectivity index (χ1) is 8.97. The first kappa shape index (κ1) is 14.6. The molecule has 2 rings (SSSR count). The smallest absolute Gasteiger partial charge is 0.177 e. The predicted octanol–water partition coefficient (Wildman–Crippen LogP) is 3.23. The summed E-state index contributed by atoms with van der Waals surface area (Å²) in [5.41, 5.74) is 4.38. The lowest BCUT2D eigenvalue weighted by Gasteiger charge is -2.30. The Labute approximate surface area is 120 Å². The highest BCUT2D eigenvalue weighted by molar-refractivity contribution is 7.99. The maximum atomic E-state index is 12.5. The molecule has 104 valence electrons. The molecule has 1 fully saturated rings.